The third-order valence-corrected chi connectivity index (χ3v) is 17.7. The maximum Gasteiger partial charge on any atom is 0.308 e. The number of carboxylic acid groups (broad SMARTS) is 2. The molecule has 392 valence electrons. The van der Waals surface area contributed by atoms with E-state index in [0.29, 0.717) is 51.4 Å². The number of carbonyl (C=O) groups is 3. The molecule has 0 aliphatic carbocycles. The van der Waals surface area contributed by atoms with Crippen molar-refractivity contribution in [2.24, 2.45) is 41.4 Å². The molecular formula is C51H86O17. The van der Waals surface area contributed by atoms with Gasteiger partial charge >= 0.3 is 17.9 Å². The monoisotopic (exact) mass is 971 g/mol. The van der Waals surface area contributed by atoms with E-state index in [2.05, 4.69) is 0 Å². The summed E-state index contributed by atoms with van der Waals surface area (Å²) >= 11 is 0. The average molecular weight is 971 g/mol. The lowest BCUT2D eigenvalue weighted by atomic mass is 9.76. The summed E-state index contributed by atoms with van der Waals surface area (Å²) in [4.78, 5) is 36.8. The number of rotatable bonds is 17. The van der Waals surface area contributed by atoms with Gasteiger partial charge in [-0.3, -0.25) is 14.4 Å². The second kappa shape index (κ2) is 20.8. The molecule has 0 amide bonds. The lowest BCUT2D eigenvalue weighted by Crippen LogP contribution is -2.64. The van der Waals surface area contributed by atoms with E-state index in [1.54, 1.807) is 27.7 Å². The van der Waals surface area contributed by atoms with E-state index < -0.39 is 137 Å². The second-order valence-corrected chi connectivity index (χ2v) is 23.1. The highest BCUT2D eigenvalue weighted by atomic mass is 16.7. The Bertz CT molecular complexity index is 1760. The van der Waals surface area contributed by atoms with Gasteiger partial charge in [-0.1, -0.05) is 48.5 Å². The van der Waals surface area contributed by atoms with Gasteiger partial charge in [-0.05, 0) is 117 Å². The van der Waals surface area contributed by atoms with Crippen molar-refractivity contribution in [1.29, 1.82) is 0 Å². The minimum atomic E-state index is -2.20. The van der Waals surface area contributed by atoms with Crippen molar-refractivity contribution >= 4 is 17.9 Å². The number of ether oxygens (including phenoxy) is 7. The molecule has 0 unspecified atom stereocenters. The van der Waals surface area contributed by atoms with Gasteiger partial charge < -0.3 is 68.9 Å². The van der Waals surface area contributed by atoms with Gasteiger partial charge in [0.2, 0.25) is 5.79 Å². The molecule has 22 atom stereocenters. The van der Waals surface area contributed by atoms with Crippen molar-refractivity contribution in [3.63, 3.8) is 0 Å². The minimum Gasteiger partial charge on any atom is -0.481 e. The average Bonchev–Trinajstić information content (AvgIpc) is 3.78. The predicted molar refractivity (Wildman–Crippen MR) is 246 cm³/mol. The molecule has 7 N–H and O–H groups in total. The SMILES string of the molecule is CC[C@@H]1O[C@@H]([C@]2(C)C[C@@H](C)[C@](O)([C@]3(C)CC[C@@H]([C@@H](OC(=O)CCC(=O)O)[C@]4(O)O[C@H](C[C@@]5(O)O[C@@H]([C@@H](C)[C@H](O)C[C@H]6CC[C@H](C)[C@@H]([C@@H](C)C(=O)O)O6)CC[C@@H]5C)[C@@H](C)C[C@H]4C)O3)O2)CC[C@@]1(C)O. The summed E-state index contributed by atoms with van der Waals surface area (Å²) in [5.41, 5.74) is -3.30. The molecule has 0 radical (unpaired) electrons. The molecule has 0 spiro atoms. The smallest absolute Gasteiger partial charge is 0.308 e. The lowest BCUT2D eigenvalue weighted by molar-refractivity contribution is -0.374. The van der Waals surface area contributed by atoms with Crippen LogP contribution in [0.2, 0.25) is 0 Å². The molecule has 17 heteroatoms. The Morgan fingerprint density at radius 3 is 2.10 bits per heavy atom. The number of aliphatic carboxylic acids is 2. The number of aliphatic hydroxyl groups excluding tert-OH is 1. The van der Waals surface area contributed by atoms with Gasteiger partial charge in [0.15, 0.2) is 17.7 Å². The molecule has 0 aromatic carbocycles. The summed E-state index contributed by atoms with van der Waals surface area (Å²) in [6.07, 6.45) is -1.64. The summed E-state index contributed by atoms with van der Waals surface area (Å²) < 4.78 is 45.5. The number of hydrogen-bond acceptors (Lipinski definition) is 15. The van der Waals surface area contributed by atoms with E-state index in [-0.39, 0.29) is 49.5 Å². The Hall–Kier alpha value is -2.03. The number of esters is 1. The zero-order chi connectivity index (χ0) is 50.5. The second-order valence-electron chi connectivity index (χ2n) is 23.1. The molecule has 0 saturated carbocycles. The summed E-state index contributed by atoms with van der Waals surface area (Å²) in [6.45, 7) is 20.4. The Kier molecular flexibility index (Phi) is 16.9. The number of aliphatic hydroxyl groups is 5. The Morgan fingerprint density at radius 2 is 1.46 bits per heavy atom. The molecule has 6 aliphatic heterocycles. The van der Waals surface area contributed by atoms with Crippen LogP contribution in [0.5, 0.6) is 0 Å². The van der Waals surface area contributed by atoms with E-state index in [1.807, 2.05) is 48.5 Å². The standard InChI is InChI=1S/C51H86O17/c1-12-39-46(9,58)21-20-40(63-39)47(10)25-31(6)51(61,68-47)48(11)22-19-37(65-48)44(64-42(55)18-17-41(53)54)50(60)30(5)23-28(3)38(67-50)26-49(59)29(4)14-16-36(66-49)32(7)35(52)24-34-15-13-27(2)43(62-34)33(8)45(56)57/h27-40,43-44,52,58-61H,12-26H2,1-11H3,(H,53,54)(H,56,57)/t27-,28-,29-,30+,31+,32-,33+,34+,35+,36+,37-,38+,39-,40+,43-,44+,46+,47-,48-,49+,50+,51+/m0/s1. The molecule has 6 saturated heterocycles. The minimum absolute atomic E-state index is 0.0633. The largest absolute Gasteiger partial charge is 0.481 e. The molecule has 0 aromatic rings. The molecule has 6 rings (SSSR count). The molecule has 6 heterocycles. The highest BCUT2D eigenvalue weighted by Crippen LogP contribution is 2.56. The van der Waals surface area contributed by atoms with Crippen LogP contribution in [0.25, 0.3) is 0 Å². The van der Waals surface area contributed by atoms with Gasteiger partial charge in [-0.2, -0.15) is 0 Å². The molecule has 68 heavy (non-hydrogen) atoms. The van der Waals surface area contributed by atoms with E-state index >= 15 is 0 Å². The predicted octanol–water partition coefficient (Wildman–Crippen LogP) is 5.85. The van der Waals surface area contributed by atoms with E-state index in [0.717, 1.165) is 6.42 Å². The first-order valence-electron chi connectivity index (χ1n) is 25.8. The van der Waals surface area contributed by atoms with Crippen molar-refractivity contribution in [2.45, 2.75) is 262 Å². The molecular weight excluding hydrogens is 885 g/mol. The third-order valence-electron chi connectivity index (χ3n) is 17.7. The zero-order valence-electron chi connectivity index (χ0n) is 42.6. The van der Waals surface area contributed by atoms with Gasteiger partial charge in [0.1, 0.15) is 11.7 Å². The fraction of sp³-hybridized carbons (Fsp3) is 0.941. The fourth-order valence-corrected chi connectivity index (χ4v) is 12.9. The van der Waals surface area contributed by atoms with Crippen LogP contribution in [0.15, 0.2) is 0 Å². The first-order chi connectivity index (χ1) is 31.5. The molecule has 0 aromatic heterocycles. The van der Waals surface area contributed by atoms with Crippen LogP contribution in [0.4, 0.5) is 0 Å². The van der Waals surface area contributed by atoms with E-state index in [1.165, 1.54) is 0 Å². The van der Waals surface area contributed by atoms with Crippen molar-refractivity contribution < 1.29 is 83.3 Å². The van der Waals surface area contributed by atoms with Crippen molar-refractivity contribution in [1.82, 2.24) is 0 Å². The fourth-order valence-electron chi connectivity index (χ4n) is 12.9. The van der Waals surface area contributed by atoms with Gasteiger partial charge in [0.05, 0.1) is 72.7 Å². The summed E-state index contributed by atoms with van der Waals surface area (Å²) in [7, 11) is 0. The number of hydrogen-bond donors (Lipinski definition) is 7. The molecule has 6 aliphatic rings. The van der Waals surface area contributed by atoms with Crippen LogP contribution in [0, 0.1) is 41.4 Å². The van der Waals surface area contributed by atoms with E-state index in [9.17, 15) is 50.1 Å². The maximum absolute atomic E-state index is 13.5. The first kappa shape index (κ1) is 55.3. The van der Waals surface area contributed by atoms with Gasteiger partial charge in [-0.25, -0.2) is 0 Å². The Morgan fingerprint density at radius 1 is 0.765 bits per heavy atom. The highest BCUT2D eigenvalue weighted by molar-refractivity contribution is 5.76. The van der Waals surface area contributed by atoms with Crippen molar-refractivity contribution in [3.05, 3.63) is 0 Å². The van der Waals surface area contributed by atoms with Gasteiger partial charge in [0.25, 0.3) is 0 Å². The summed E-state index contributed by atoms with van der Waals surface area (Å²) in [5.74, 6) is -11.5. The van der Waals surface area contributed by atoms with Crippen molar-refractivity contribution in [3.8, 4) is 0 Å². The maximum atomic E-state index is 13.5. The van der Waals surface area contributed by atoms with Crippen molar-refractivity contribution in [2.75, 3.05) is 0 Å². The first-order valence-corrected chi connectivity index (χ1v) is 25.8. The Labute approximate surface area is 403 Å². The third kappa shape index (κ3) is 11.1. The quantitative estimate of drug-likeness (QED) is 0.0844. The lowest BCUT2D eigenvalue weighted by Gasteiger charge is -2.52. The van der Waals surface area contributed by atoms with Crippen LogP contribution in [0.3, 0.4) is 0 Å². The zero-order valence-corrected chi connectivity index (χ0v) is 42.6. The van der Waals surface area contributed by atoms with Crippen LogP contribution < -0.4 is 0 Å². The summed E-state index contributed by atoms with van der Waals surface area (Å²) in [5, 5.41) is 79.5. The number of carboxylic acids is 2. The van der Waals surface area contributed by atoms with Crippen LogP contribution >= 0.6 is 0 Å². The van der Waals surface area contributed by atoms with Crippen LogP contribution in [-0.4, -0.2) is 143 Å². The van der Waals surface area contributed by atoms with Crippen LogP contribution in [-0.2, 0) is 47.5 Å². The number of carbonyl (C=O) groups excluding carboxylic acids is 1. The van der Waals surface area contributed by atoms with E-state index in [4.69, 9.17) is 33.2 Å². The molecule has 6 fully saturated rings. The molecule has 17 nitrogen and oxygen atoms in total. The van der Waals surface area contributed by atoms with Gasteiger partial charge in [-0.15, -0.1) is 0 Å². The summed E-state index contributed by atoms with van der Waals surface area (Å²) in [6, 6.07) is 0. The molecule has 0 bridgehead atoms. The van der Waals surface area contributed by atoms with Gasteiger partial charge in [0, 0.05) is 30.1 Å². The topological polar surface area (TPSA) is 257 Å². The normalized spacial score (nSPS) is 47.5. The Balaban J connectivity index is 1.19. The van der Waals surface area contributed by atoms with Crippen LogP contribution in [0.1, 0.15) is 172 Å². The highest BCUT2D eigenvalue weighted by Gasteiger charge is 2.68.